The minimum Gasteiger partial charge on any atom is -0.395 e. The summed E-state index contributed by atoms with van der Waals surface area (Å²) in [6.07, 6.45) is 0. The number of aliphatic hydroxyl groups excluding tert-OH is 1. The molecule has 0 unspecified atom stereocenters. The Morgan fingerprint density at radius 3 is 2.55 bits per heavy atom. The highest BCUT2D eigenvalue weighted by Crippen LogP contribution is 2.27. The lowest BCUT2D eigenvalue weighted by Gasteiger charge is -2.15. The predicted molar refractivity (Wildman–Crippen MR) is 78.4 cm³/mol. The third-order valence-corrected chi connectivity index (χ3v) is 3.55. The second-order valence-corrected chi connectivity index (χ2v) is 4.79. The van der Waals surface area contributed by atoms with Gasteiger partial charge in [-0.25, -0.2) is 0 Å². The van der Waals surface area contributed by atoms with Crippen molar-refractivity contribution < 1.29 is 5.11 Å². The first kappa shape index (κ1) is 12.5. The van der Waals surface area contributed by atoms with Crippen molar-refractivity contribution in [1.29, 1.82) is 5.26 Å². The number of hydrogen-bond donors (Lipinski definition) is 2. The van der Waals surface area contributed by atoms with Gasteiger partial charge in [0.1, 0.15) is 11.8 Å². The lowest BCUT2D eigenvalue weighted by Crippen LogP contribution is -2.05. The molecule has 98 valence electrons. The number of aromatic nitrogens is 1. The molecule has 3 nitrogen and oxygen atoms in total. The van der Waals surface area contributed by atoms with Crippen LogP contribution in [0.4, 0.5) is 0 Å². The number of nitrogens with one attached hydrogen (secondary N) is 1. The highest BCUT2D eigenvalue weighted by atomic mass is 16.3. The lowest BCUT2D eigenvalue weighted by atomic mass is 9.91. The number of nitriles is 1. The van der Waals surface area contributed by atoms with Crippen molar-refractivity contribution in [1.82, 2.24) is 4.98 Å². The van der Waals surface area contributed by atoms with Crippen molar-refractivity contribution in [2.45, 2.75) is 5.92 Å². The second-order valence-electron chi connectivity index (χ2n) is 4.79. The van der Waals surface area contributed by atoms with E-state index >= 15 is 0 Å². The molecule has 0 spiro atoms. The molecular formula is C17H14N2O. The van der Waals surface area contributed by atoms with Crippen LogP contribution in [-0.4, -0.2) is 16.7 Å². The van der Waals surface area contributed by atoms with Gasteiger partial charge in [-0.05, 0) is 29.3 Å². The molecule has 0 saturated heterocycles. The zero-order valence-electron chi connectivity index (χ0n) is 10.9. The number of aromatic amines is 1. The van der Waals surface area contributed by atoms with Crippen LogP contribution in [0.3, 0.4) is 0 Å². The number of nitrogens with zero attached hydrogens (tertiary/aromatic N) is 1. The molecule has 1 heterocycles. The predicted octanol–water partition coefficient (Wildman–Crippen LogP) is 3.16. The van der Waals surface area contributed by atoms with Gasteiger partial charge in [-0.15, -0.1) is 0 Å². The van der Waals surface area contributed by atoms with Gasteiger partial charge in [0.25, 0.3) is 0 Å². The van der Waals surface area contributed by atoms with Gasteiger partial charge in [0.15, 0.2) is 0 Å². The van der Waals surface area contributed by atoms with E-state index < -0.39 is 0 Å². The SMILES string of the molecule is N#Cc1cc2cc([C@H](CO)c3ccccc3)ccc2[nH]1. The van der Waals surface area contributed by atoms with E-state index in [9.17, 15) is 5.11 Å². The third-order valence-electron chi connectivity index (χ3n) is 3.55. The minimum absolute atomic E-state index is 0.0407. The maximum atomic E-state index is 9.70. The first-order valence-corrected chi connectivity index (χ1v) is 6.50. The molecule has 1 aromatic heterocycles. The van der Waals surface area contributed by atoms with Crippen molar-refractivity contribution in [3.05, 3.63) is 71.4 Å². The third kappa shape index (κ3) is 2.18. The molecule has 3 aromatic rings. The monoisotopic (exact) mass is 262 g/mol. The summed E-state index contributed by atoms with van der Waals surface area (Å²) < 4.78 is 0. The number of fused-ring (bicyclic) bond motifs is 1. The molecule has 0 aliphatic carbocycles. The molecule has 3 rings (SSSR count). The molecule has 0 amide bonds. The van der Waals surface area contributed by atoms with E-state index in [-0.39, 0.29) is 12.5 Å². The van der Waals surface area contributed by atoms with Crippen LogP contribution in [0.25, 0.3) is 10.9 Å². The average molecular weight is 262 g/mol. The molecule has 0 radical (unpaired) electrons. The fourth-order valence-electron chi connectivity index (χ4n) is 2.52. The molecule has 0 fully saturated rings. The standard InChI is InChI=1S/C17H14N2O/c18-10-15-9-14-8-13(6-7-17(14)19-15)16(11-20)12-4-2-1-3-5-12/h1-9,16,19-20H,11H2/t16-/m1/s1. The molecule has 2 N–H and O–H groups in total. The summed E-state index contributed by atoms with van der Waals surface area (Å²) in [5.41, 5.74) is 3.63. The molecule has 0 aliphatic heterocycles. The Morgan fingerprint density at radius 1 is 1.05 bits per heavy atom. The Morgan fingerprint density at radius 2 is 1.85 bits per heavy atom. The van der Waals surface area contributed by atoms with E-state index in [0.29, 0.717) is 5.69 Å². The summed E-state index contributed by atoms with van der Waals surface area (Å²) in [6, 6.07) is 19.9. The summed E-state index contributed by atoms with van der Waals surface area (Å²) in [5.74, 6) is -0.0407. The maximum Gasteiger partial charge on any atom is 0.118 e. The van der Waals surface area contributed by atoms with Gasteiger partial charge in [-0.3, -0.25) is 0 Å². The Balaban J connectivity index is 2.06. The van der Waals surface area contributed by atoms with Crippen molar-refractivity contribution in [2.75, 3.05) is 6.61 Å². The van der Waals surface area contributed by atoms with Crippen molar-refractivity contribution in [3.8, 4) is 6.07 Å². The van der Waals surface area contributed by atoms with Crippen LogP contribution in [0.1, 0.15) is 22.7 Å². The van der Waals surface area contributed by atoms with Crippen molar-refractivity contribution >= 4 is 10.9 Å². The number of aliphatic hydroxyl groups is 1. The van der Waals surface area contributed by atoms with Crippen LogP contribution in [0, 0.1) is 11.3 Å². The molecule has 2 aromatic carbocycles. The van der Waals surface area contributed by atoms with Gasteiger partial charge in [0.05, 0.1) is 6.61 Å². The zero-order chi connectivity index (χ0) is 13.9. The van der Waals surface area contributed by atoms with Gasteiger partial charge in [0.2, 0.25) is 0 Å². The van der Waals surface area contributed by atoms with E-state index in [1.165, 1.54) is 0 Å². The number of hydrogen-bond acceptors (Lipinski definition) is 2. The highest BCUT2D eigenvalue weighted by Gasteiger charge is 2.13. The van der Waals surface area contributed by atoms with E-state index in [4.69, 9.17) is 5.26 Å². The van der Waals surface area contributed by atoms with Gasteiger partial charge in [-0.2, -0.15) is 5.26 Å². The van der Waals surface area contributed by atoms with Gasteiger partial charge in [-0.1, -0.05) is 36.4 Å². The molecule has 1 atom stereocenters. The van der Waals surface area contributed by atoms with E-state index in [1.807, 2.05) is 54.6 Å². The molecule has 20 heavy (non-hydrogen) atoms. The fourth-order valence-corrected chi connectivity index (χ4v) is 2.52. The fraction of sp³-hybridized carbons (Fsp3) is 0.118. The van der Waals surface area contributed by atoms with Crippen LogP contribution in [-0.2, 0) is 0 Å². The Labute approximate surface area is 117 Å². The smallest absolute Gasteiger partial charge is 0.118 e. The van der Waals surface area contributed by atoms with E-state index in [2.05, 4.69) is 11.1 Å². The average Bonchev–Trinajstić information content (AvgIpc) is 2.91. The Kier molecular flexibility index (Phi) is 3.24. The quantitative estimate of drug-likeness (QED) is 0.761. The van der Waals surface area contributed by atoms with Crippen LogP contribution in [0.5, 0.6) is 0 Å². The Bertz CT molecular complexity index is 769. The topological polar surface area (TPSA) is 59.8 Å². The Hall–Kier alpha value is -2.57. The van der Waals surface area contributed by atoms with Crippen LogP contribution in [0.2, 0.25) is 0 Å². The number of benzene rings is 2. The molecule has 3 heteroatoms. The van der Waals surface area contributed by atoms with Crippen molar-refractivity contribution in [3.63, 3.8) is 0 Å². The first-order valence-electron chi connectivity index (χ1n) is 6.50. The lowest BCUT2D eigenvalue weighted by molar-refractivity contribution is 0.280. The molecule has 0 saturated carbocycles. The van der Waals surface area contributed by atoms with Crippen LogP contribution >= 0.6 is 0 Å². The molecule has 0 aliphatic rings. The van der Waals surface area contributed by atoms with E-state index in [0.717, 1.165) is 22.0 Å². The molecule has 0 bridgehead atoms. The van der Waals surface area contributed by atoms with Gasteiger partial charge >= 0.3 is 0 Å². The zero-order valence-corrected chi connectivity index (χ0v) is 10.9. The van der Waals surface area contributed by atoms with Gasteiger partial charge in [0, 0.05) is 16.8 Å². The summed E-state index contributed by atoms with van der Waals surface area (Å²) in [7, 11) is 0. The summed E-state index contributed by atoms with van der Waals surface area (Å²) in [6.45, 7) is 0.0606. The summed E-state index contributed by atoms with van der Waals surface area (Å²) >= 11 is 0. The minimum atomic E-state index is -0.0407. The van der Waals surface area contributed by atoms with Crippen LogP contribution in [0.15, 0.2) is 54.6 Å². The maximum absolute atomic E-state index is 9.70. The molecular weight excluding hydrogens is 248 g/mol. The second kappa shape index (κ2) is 5.20. The first-order chi connectivity index (χ1) is 9.81. The number of H-pyrrole nitrogens is 1. The summed E-state index contributed by atoms with van der Waals surface area (Å²) in [4.78, 5) is 3.05. The van der Waals surface area contributed by atoms with Crippen LogP contribution < -0.4 is 0 Å². The largest absolute Gasteiger partial charge is 0.395 e. The van der Waals surface area contributed by atoms with E-state index in [1.54, 1.807) is 0 Å². The number of rotatable bonds is 3. The normalized spacial score (nSPS) is 12.2. The summed E-state index contributed by atoms with van der Waals surface area (Å²) in [5, 5.41) is 19.6. The van der Waals surface area contributed by atoms with Crippen molar-refractivity contribution in [2.24, 2.45) is 0 Å². The van der Waals surface area contributed by atoms with Gasteiger partial charge < -0.3 is 10.1 Å². The highest BCUT2D eigenvalue weighted by molar-refractivity contribution is 5.82.